The minimum atomic E-state index is -0.000122. The first kappa shape index (κ1) is 16.0. The van der Waals surface area contributed by atoms with Gasteiger partial charge in [-0.2, -0.15) is 0 Å². The molecule has 116 valence electrons. The Morgan fingerprint density at radius 1 is 1.29 bits per heavy atom. The van der Waals surface area contributed by atoms with E-state index < -0.39 is 0 Å². The number of likely N-dealkylation sites (N-methyl/N-ethyl adjacent to an activating group) is 1. The highest BCUT2D eigenvalue weighted by Crippen LogP contribution is 2.24. The SMILES string of the molecule is Cc1ccc2c(c1)nc(C(N)CC(C)C)n2CCN(C)C. The number of benzene rings is 1. The van der Waals surface area contributed by atoms with E-state index in [0.717, 1.165) is 30.9 Å². The van der Waals surface area contributed by atoms with Gasteiger partial charge in [-0.25, -0.2) is 4.98 Å². The number of hydrogen-bond donors (Lipinski definition) is 1. The second kappa shape index (κ2) is 6.58. The Morgan fingerprint density at radius 3 is 2.62 bits per heavy atom. The molecule has 0 aliphatic carbocycles. The Labute approximate surface area is 128 Å². The number of nitrogens with two attached hydrogens (primary N) is 1. The Balaban J connectivity index is 2.43. The quantitative estimate of drug-likeness (QED) is 0.889. The van der Waals surface area contributed by atoms with Crippen LogP contribution in [0.2, 0.25) is 0 Å². The third-order valence-electron chi connectivity index (χ3n) is 3.76. The number of nitrogens with zero attached hydrogens (tertiary/aromatic N) is 3. The van der Waals surface area contributed by atoms with Crippen LogP contribution in [-0.2, 0) is 6.54 Å². The van der Waals surface area contributed by atoms with Crippen molar-refractivity contribution in [3.8, 4) is 0 Å². The maximum absolute atomic E-state index is 6.41. The van der Waals surface area contributed by atoms with Gasteiger partial charge in [-0.05, 0) is 51.1 Å². The maximum atomic E-state index is 6.41. The molecule has 0 aliphatic rings. The summed E-state index contributed by atoms with van der Waals surface area (Å²) >= 11 is 0. The van der Waals surface area contributed by atoms with Gasteiger partial charge in [-0.15, -0.1) is 0 Å². The van der Waals surface area contributed by atoms with Crippen LogP contribution in [0.5, 0.6) is 0 Å². The summed E-state index contributed by atoms with van der Waals surface area (Å²) in [5.74, 6) is 1.59. The molecular formula is C17H28N4. The molecule has 0 saturated heterocycles. The Hall–Kier alpha value is -1.39. The summed E-state index contributed by atoms with van der Waals surface area (Å²) in [5, 5.41) is 0. The lowest BCUT2D eigenvalue weighted by Crippen LogP contribution is -2.23. The minimum Gasteiger partial charge on any atom is -0.325 e. The summed E-state index contributed by atoms with van der Waals surface area (Å²) < 4.78 is 2.29. The van der Waals surface area contributed by atoms with Crippen LogP contribution < -0.4 is 5.73 Å². The lowest BCUT2D eigenvalue weighted by atomic mass is 10.0. The van der Waals surface area contributed by atoms with Crippen LogP contribution in [0.4, 0.5) is 0 Å². The molecule has 0 radical (unpaired) electrons. The average Bonchev–Trinajstić information content (AvgIpc) is 2.73. The van der Waals surface area contributed by atoms with Gasteiger partial charge in [0, 0.05) is 13.1 Å². The summed E-state index contributed by atoms with van der Waals surface area (Å²) in [6, 6.07) is 6.46. The van der Waals surface area contributed by atoms with E-state index in [1.165, 1.54) is 11.1 Å². The van der Waals surface area contributed by atoms with E-state index >= 15 is 0 Å². The molecule has 4 nitrogen and oxygen atoms in total. The van der Waals surface area contributed by atoms with E-state index in [-0.39, 0.29) is 6.04 Å². The molecule has 0 aliphatic heterocycles. The highest BCUT2D eigenvalue weighted by atomic mass is 15.1. The smallest absolute Gasteiger partial charge is 0.126 e. The maximum Gasteiger partial charge on any atom is 0.126 e. The second-order valence-corrected chi connectivity index (χ2v) is 6.65. The van der Waals surface area contributed by atoms with Crippen molar-refractivity contribution in [2.75, 3.05) is 20.6 Å². The molecule has 0 fully saturated rings. The molecule has 0 bridgehead atoms. The fourth-order valence-electron chi connectivity index (χ4n) is 2.69. The van der Waals surface area contributed by atoms with Crippen LogP contribution in [0.3, 0.4) is 0 Å². The molecule has 0 saturated carbocycles. The normalized spacial score (nSPS) is 13.5. The van der Waals surface area contributed by atoms with Crippen LogP contribution in [0.25, 0.3) is 11.0 Å². The Bertz CT molecular complexity index is 598. The van der Waals surface area contributed by atoms with E-state index in [4.69, 9.17) is 10.7 Å². The molecule has 2 N–H and O–H groups in total. The number of rotatable bonds is 6. The highest BCUT2D eigenvalue weighted by molar-refractivity contribution is 5.77. The summed E-state index contributed by atoms with van der Waals surface area (Å²) in [6.45, 7) is 8.42. The summed E-state index contributed by atoms with van der Waals surface area (Å²) in [4.78, 5) is 7.02. The Morgan fingerprint density at radius 2 is 2.00 bits per heavy atom. The van der Waals surface area contributed by atoms with Gasteiger partial charge in [0.2, 0.25) is 0 Å². The summed E-state index contributed by atoms with van der Waals surface area (Å²) in [6.07, 6.45) is 0.963. The van der Waals surface area contributed by atoms with Gasteiger partial charge >= 0.3 is 0 Å². The van der Waals surface area contributed by atoms with Crippen molar-refractivity contribution in [2.45, 2.75) is 39.8 Å². The van der Waals surface area contributed by atoms with Crippen molar-refractivity contribution < 1.29 is 0 Å². The molecule has 0 amide bonds. The molecule has 1 unspecified atom stereocenters. The van der Waals surface area contributed by atoms with Crippen molar-refractivity contribution >= 4 is 11.0 Å². The van der Waals surface area contributed by atoms with E-state index in [1.807, 2.05) is 0 Å². The minimum absolute atomic E-state index is 0.000122. The molecule has 1 aromatic carbocycles. The van der Waals surface area contributed by atoms with Crippen LogP contribution in [0, 0.1) is 12.8 Å². The van der Waals surface area contributed by atoms with Gasteiger partial charge in [0.25, 0.3) is 0 Å². The standard InChI is InChI=1S/C17H28N4/c1-12(2)10-14(18)17-19-15-11-13(3)6-7-16(15)21(17)9-8-20(4)5/h6-7,11-12,14H,8-10,18H2,1-5H3. The van der Waals surface area contributed by atoms with E-state index in [0.29, 0.717) is 5.92 Å². The highest BCUT2D eigenvalue weighted by Gasteiger charge is 2.18. The monoisotopic (exact) mass is 288 g/mol. The number of aryl methyl sites for hydroxylation is 1. The van der Waals surface area contributed by atoms with E-state index in [9.17, 15) is 0 Å². The van der Waals surface area contributed by atoms with Gasteiger partial charge in [-0.1, -0.05) is 19.9 Å². The summed E-state index contributed by atoms with van der Waals surface area (Å²) in [7, 11) is 4.19. The molecule has 2 rings (SSSR count). The number of hydrogen-bond acceptors (Lipinski definition) is 3. The van der Waals surface area contributed by atoms with Crippen LogP contribution >= 0.6 is 0 Å². The first-order valence-corrected chi connectivity index (χ1v) is 7.75. The van der Waals surface area contributed by atoms with Crippen molar-refractivity contribution in [3.63, 3.8) is 0 Å². The topological polar surface area (TPSA) is 47.1 Å². The van der Waals surface area contributed by atoms with Crippen LogP contribution in [0.15, 0.2) is 18.2 Å². The van der Waals surface area contributed by atoms with Crippen molar-refractivity contribution in [3.05, 3.63) is 29.6 Å². The first-order valence-electron chi connectivity index (χ1n) is 7.75. The van der Waals surface area contributed by atoms with Crippen molar-refractivity contribution in [1.29, 1.82) is 0 Å². The van der Waals surface area contributed by atoms with E-state index in [2.05, 4.69) is 62.5 Å². The molecular weight excluding hydrogens is 260 g/mol. The molecule has 0 spiro atoms. The second-order valence-electron chi connectivity index (χ2n) is 6.65. The molecule has 1 aromatic heterocycles. The van der Waals surface area contributed by atoms with Crippen LogP contribution in [-0.4, -0.2) is 35.1 Å². The molecule has 1 atom stereocenters. The molecule has 2 aromatic rings. The number of imidazole rings is 1. The van der Waals surface area contributed by atoms with Gasteiger partial charge in [0.05, 0.1) is 17.1 Å². The molecule has 1 heterocycles. The predicted octanol–water partition coefficient (Wildman–Crippen LogP) is 2.95. The van der Waals surface area contributed by atoms with Gasteiger partial charge < -0.3 is 15.2 Å². The summed E-state index contributed by atoms with van der Waals surface area (Å²) in [5.41, 5.74) is 9.90. The third kappa shape index (κ3) is 3.83. The van der Waals surface area contributed by atoms with Gasteiger partial charge in [0.1, 0.15) is 5.82 Å². The van der Waals surface area contributed by atoms with Crippen molar-refractivity contribution in [1.82, 2.24) is 14.5 Å². The van der Waals surface area contributed by atoms with Gasteiger partial charge in [0.15, 0.2) is 0 Å². The fraction of sp³-hybridized carbons (Fsp3) is 0.588. The van der Waals surface area contributed by atoms with E-state index in [1.54, 1.807) is 0 Å². The predicted molar refractivity (Wildman–Crippen MR) is 89.4 cm³/mol. The zero-order valence-corrected chi connectivity index (χ0v) is 13.9. The fourth-order valence-corrected chi connectivity index (χ4v) is 2.69. The van der Waals surface area contributed by atoms with Gasteiger partial charge in [-0.3, -0.25) is 0 Å². The molecule has 4 heteroatoms. The Kier molecular flexibility index (Phi) is 5.01. The zero-order valence-electron chi connectivity index (χ0n) is 13.9. The largest absolute Gasteiger partial charge is 0.325 e. The number of aromatic nitrogens is 2. The molecule has 21 heavy (non-hydrogen) atoms. The number of fused-ring (bicyclic) bond motifs is 1. The lowest BCUT2D eigenvalue weighted by Gasteiger charge is -2.18. The average molecular weight is 288 g/mol. The lowest BCUT2D eigenvalue weighted by molar-refractivity contribution is 0.377. The third-order valence-corrected chi connectivity index (χ3v) is 3.76. The zero-order chi connectivity index (χ0) is 15.6. The van der Waals surface area contributed by atoms with Crippen molar-refractivity contribution in [2.24, 2.45) is 11.7 Å². The first-order chi connectivity index (χ1) is 9.88. The van der Waals surface area contributed by atoms with Crippen LogP contribution in [0.1, 0.15) is 37.7 Å².